The molecule has 0 bridgehead atoms. The molecular weight excluding hydrogens is 605 g/mol. The van der Waals surface area contributed by atoms with Crippen molar-refractivity contribution in [2.24, 2.45) is 10.8 Å². The van der Waals surface area contributed by atoms with Gasteiger partial charge in [-0.05, 0) is 68.6 Å². The molecule has 2 saturated heterocycles. The molecule has 0 aliphatic carbocycles. The van der Waals surface area contributed by atoms with Crippen LogP contribution in [0.5, 0.6) is 0 Å². The lowest BCUT2D eigenvalue weighted by Gasteiger charge is -2.34. The van der Waals surface area contributed by atoms with E-state index in [1.165, 1.54) is 0 Å². The summed E-state index contributed by atoms with van der Waals surface area (Å²) in [6, 6.07) is 0. The Labute approximate surface area is 264 Å². The molecule has 3 unspecified atom stereocenters. The highest BCUT2D eigenvalue weighted by molar-refractivity contribution is 7.86. The summed E-state index contributed by atoms with van der Waals surface area (Å²) >= 11 is 21.5. The smallest absolute Gasteiger partial charge is 0.176 e. The molecule has 0 spiro atoms. The van der Waals surface area contributed by atoms with Crippen LogP contribution in [0, 0.1) is 10.8 Å². The van der Waals surface area contributed by atoms with E-state index in [0.717, 1.165) is 86.5 Å². The van der Waals surface area contributed by atoms with Crippen LogP contribution in [-0.4, -0.2) is 111 Å². The summed E-state index contributed by atoms with van der Waals surface area (Å²) in [5, 5.41) is 0.834. The summed E-state index contributed by atoms with van der Waals surface area (Å²) in [5.41, 5.74) is 0.171. The first kappa shape index (κ1) is 35.5. The van der Waals surface area contributed by atoms with Crippen LogP contribution in [-0.2, 0) is 21.6 Å². The van der Waals surface area contributed by atoms with Gasteiger partial charge in [0, 0.05) is 64.2 Å². The maximum atomic E-state index is 12.6. The number of thiocarbonyl (C=S) groups is 3. The molecule has 0 aromatic rings. The van der Waals surface area contributed by atoms with Gasteiger partial charge in [0.2, 0.25) is 0 Å². The van der Waals surface area contributed by atoms with Crippen LogP contribution in [0.25, 0.3) is 0 Å². The Bertz CT molecular complexity index is 913. The van der Waals surface area contributed by atoms with Gasteiger partial charge in [-0.15, -0.1) is 12.6 Å². The fourth-order valence-electron chi connectivity index (χ4n) is 5.17. The van der Waals surface area contributed by atoms with Gasteiger partial charge >= 0.3 is 0 Å². The Hall–Kier alpha value is 0.280. The van der Waals surface area contributed by atoms with Crippen molar-refractivity contribution in [3.63, 3.8) is 0 Å². The van der Waals surface area contributed by atoms with Gasteiger partial charge in [0.15, 0.2) is 5.11 Å². The Kier molecular flexibility index (Phi) is 14.7. The second kappa shape index (κ2) is 16.2. The van der Waals surface area contributed by atoms with Crippen LogP contribution in [0.4, 0.5) is 0 Å². The van der Waals surface area contributed by atoms with E-state index in [0.29, 0.717) is 23.0 Å². The molecule has 3 atom stereocenters. The van der Waals surface area contributed by atoms with Crippen LogP contribution >= 0.6 is 49.3 Å². The van der Waals surface area contributed by atoms with Crippen molar-refractivity contribution >= 4 is 86.0 Å². The van der Waals surface area contributed by atoms with E-state index < -0.39 is 21.6 Å². The van der Waals surface area contributed by atoms with Gasteiger partial charge in [-0.2, -0.15) is 0 Å². The molecule has 0 amide bonds. The molecule has 39 heavy (non-hydrogen) atoms. The zero-order chi connectivity index (χ0) is 29.4. The second-order valence-corrected chi connectivity index (χ2v) is 17.5. The summed E-state index contributed by atoms with van der Waals surface area (Å²) < 4.78 is 25.2. The minimum absolute atomic E-state index is 0.0419. The van der Waals surface area contributed by atoms with Gasteiger partial charge in [-0.1, -0.05) is 59.1 Å². The van der Waals surface area contributed by atoms with Crippen molar-refractivity contribution in [2.45, 2.75) is 79.1 Å². The predicted molar refractivity (Wildman–Crippen MR) is 185 cm³/mol. The minimum Gasteiger partial charge on any atom is -0.342 e. The third-order valence-electron chi connectivity index (χ3n) is 7.56. The van der Waals surface area contributed by atoms with E-state index in [-0.39, 0.29) is 16.3 Å². The Morgan fingerprint density at radius 2 is 1.31 bits per heavy atom. The summed E-state index contributed by atoms with van der Waals surface area (Å²) in [6.45, 7) is 18.2. The molecule has 6 nitrogen and oxygen atoms in total. The Balaban J connectivity index is 1.60. The molecule has 0 aromatic carbocycles. The van der Waals surface area contributed by atoms with Gasteiger partial charge in [0.1, 0.15) is 10.5 Å². The Morgan fingerprint density at radius 3 is 1.77 bits per heavy atom. The average Bonchev–Trinajstić information content (AvgIpc) is 3.27. The SMILES string of the molecule is CCN1CC(=S)N(CC(C)(C)CCCS(=O)CCCS(=O)CCCC(C)(C)CN2C(=S)CN(CC)C2S)C1=S. The van der Waals surface area contributed by atoms with E-state index in [9.17, 15) is 8.42 Å². The zero-order valence-corrected chi connectivity index (χ0v) is 29.8. The fraction of sp³-hybridized carbons (Fsp3) is 0.889. The number of thiol groups is 1. The van der Waals surface area contributed by atoms with E-state index in [4.69, 9.17) is 49.3 Å². The molecule has 0 radical (unpaired) electrons. The first-order chi connectivity index (χ1) is 18.2. The van der Waals surface area contributed by atoms with E-state index >= 15 is 0 Å². The van der Waals surface area contributed by atoms with Crippen molar-refractivity contribution in [1.29, 1.82) is 0 Å². The van der Waals surface area contributed by atoms with Crippen LogP contribution in [0.15, 0.2) is 0 Å². The number of hydrogen-bond acceptors (Lipinski definition) is 7. The number of likely N-dealkylation sites (N-methyl/N-ethyl adjacent to an activating group) is 2. The number of hydrogen-bond donors (Lipinski definition) is 1. The highest BCUT2D eigenvalue weighted by atomic mass is 32.2. The first-order valence-corrected chi connectivity index (χ1v) is 18.9. The van der Waals surface area contributed by atoms with E-state index in [1.54, 1.807) is 0 Å². The van der Waals surface area contributed by atoms with Crippen LogP contribution < -0.4 is 0 Å². The van der Waals surface area contributed by atoms with Gasteiger partial charge in [-0.3, -0.25) is 13.3 Å². The number of rotatable bonds is 18. The Morgan fingerprint density at radius 1 is 0.795 bits per heavy atom. The average molecular weight is 655 g/mol. The quantitative estimate of drug-likeness (QED) is 0.164. The summed E-state index contributed by atoms with van der Waals surface area (Å²) in [5.74, 6) is 2.67. The number of nitrogens with zero attached hydrogens (tertiary/aromatic N) is 4. The van der Waals surface area contributed by atoms with Crippen LogP contribution in [0.3, 0.4) is 0 Å². The highest BCUT2D eigenvalue weighted by Crippen LogP contribution is 2.30. The molecule has 0 aromatic heterocycles. The molecule has 226 valence electrons. The molecule has 2 aliphatic rings. The molecule has 2 fully saturated rings. The van der Waals surface area contributed by atoms with Gasteiger partial charge in [0.25, 0.3) is 0 Å². The van der Waals surface area contributed by atoms with Crippen molar-refractivity contribution in [2.75, 3.05) is 62.3 Å². The van der Waals surface area contributed by atoms with Gasteiger partial charge in [-0.25, -0.2) is 0 Å². The lowest BCUT2D eigenvalue weighted by atomic mass is 9.87. The molecule has 0 saturated carbocycles. The summed E-state index contributed by atoms with van der Waals surface area (Å²) in [6.07, 6.45) is 4.56. The van der Waals surface area contributed by atoms with Crippen LogP contribution in [0.2, 0.25) is 0 Å². The third-order valence-corrected chi connectivity index (χ3v) is 12.3. The predicted octanol–water partition coefficient (Wildman–Crippen LogP) is 4.91. The molecule has 2 heterocycles. The van der Waals surface area contributed by atoms with Crippen LogP contribution in [0.1, 0.15) is 73.6 Å². The van der Waals surface area contributed by atoms with E-state index in [2.05, 4.69) is 61.1 Å². The van der Waals surface area contributed by atoms with E-state index in [1.807, 2.05) is 0 Å². The molecule has 0 N–H and O–H groups in total. The van der Waals surface area contributed by atoms with Crippen molar-refractivity contribution in [3.8, 4) is 0 Å². The monoisotopic (exact) mass is 654 g/mol. The van der Waals surface area contributed by atoms with Crippen molar-refractivity contribution in [1.82, 2.24) is 19.6 Å². The van der Waals surface area contributed by atoms with Crippen molar-refractivity contribution in [3.05, 3.63) is 0 Å². The fourth-order valence-corrected chi connectivity index (χ4v) is 9.23. The normalized spacial score (nSPS) is 20.9. The summed E-state index contributed by atoms with van der Waals surface area (Å²) in [4.78, 5) is 10.6. The maximum Gasteiger partial charge on any atom is 0.176 e. The minimum atomic E-state index is -0.867. The van der Waals surface area contributed by atoms with Gasteiger partial charge in [0.05, 0.1) is 18.1 Å². The highest BCUT2D eigenvalue weighted by Gasteiger charge is 2.35. The maximum absolute atomic E-state index is 12.6. The largest absolute Gasteiger partial charge is 0.342 e. The second-order valence-electron chi connectivity index (χ2n) is 12.3. The molecular formula is C27H50N4O2S6. The molecule has 2 aliphatic heterocycles. The van der Waals surface area contributed by atoms with Crippen molar-refractivity contribution < 1.29 is 8.42 Å². The molecule has 12 heteroatoms. The topological polar surface area (TPSA) is 47.1 Å². The lowest BCUT2D eigenvalue weighted by molar-refractivity contribution is 0.180. The first-order valence-electron chi connectivity index (χ1n) is 14.2. The lowest BCUT2D eigenvalue weighted by Crippen LogP contribution is -2.40. The molecule has 2 rings (SSSR count). The third kappa shape index (κ3) is 11.5. The summed E-state index contributed by atoms with van der Waals surface area (Å²) in [7, 11) is -1.73. The van der Waals surface area contributed by atoms with Gasteiger partial charge < -0.3 is 14.7 Å². The zero-order valence-electron chi connectivity index (χ0n) is 24.8. The standard InChI is InChI=1S/C27H50N4O2S6/c1-7-28-18-22(34)30(24(28)36)20-26(3,4)12-9-14-38(32)16-11-17-39(33)15-10-13-27(5,6)21-31-23(35)19-29(8-2)25(31)37/h24,36H,7-21H2,1-6H3.